The molecule has 2 aromatic rings. The van der Waals surface area contributed by atoms with E-state index in [1.807, 2.05) is 24.3 Å². The van der Waals surface area contributed by atoms with Crippen LogP contribution in [0.2, 0.25) is 5.02 Å². The Hall–Kier alpha value is -2.24. The number of nitrogens with one attached hydrogen (secondary N) is 1. The van der Waals surface area contributed by atoms with E-state index < -0.39 is 0 Å². The molecule has 0 aromatic heterocycles. The molecule has 0 radical (unpaired) electrons. The summed E-state index contributed by atoms with van der Waals surface area (Å²) >= 11 is 6.42. The van der Waals surface area contributed by atoms with Crippen molar-refractivity contribution in [1.82, 2.24) is 10.2 Å². The average molecular weight is 391 g/mol. The Bertz CT molecular complexity index is 763. The third-order valence-corrected chi connectivity index (χ3v) is 4.97. The van der Waals surface area contributed by atoms with E-state index in [9.17, 15) is 4.79 Å². The van der Waals surface area contributed by atoms with Gasteiger partial charge in [-0.25, -0.2) is 0 Å². The number of nitrogens with zero attached hydrogens (tertiary/aromatic N) is 1. The predicted octanol–water partition coefficient (Wildman–Crippen LogP) is 4.17. The molecule has 0 saturated carbocycles. The van der Waals surface area contributed by atoms with Gasteiger partial charge in [0.15, 0.2) is 0 Å². The molecule has 2 rings (SSSR count). The summed E-state index contributed by atoms with van der Waals surface area (Å²) in [5, 5.41) is 3.73. The predicted molar refractivity (Wildman–Crippen MR) is 109 cm³/mol. The summed E-state index contributed by atoms with van der Waals surface area (Å²) in [4.78, 5) is 15.0. The molecule has 5 nitrogen and oxygen atoms in total. The molecular formula is C21H27ClN2O3. The topological polar surface area (TPSA) is 50.8 Å². The monoisotopic (exact) mass is 390 g/mol. The molecule has 6 heteroatoms. The number of amides is 1. The molecule has 1 amide bonds. The highest BCUT2D eigenvalue weighted by atomic mass is 35.5. The SMILES string of the molecule is CCN(CC)C(CNC(=O)c1ccc(OC)cc1OC)c1ccccc1Cl. The number of carbonyl (C=O) groups is 1. The summed E-state index contributed by atoms with van der Waals surface area (Å²) in [6.45, 7) is 6.35. The maximum atomic E-state index is 12.8. The van der Waals surface area contributed by atoms with Gasteiger partial charge in [0, 0.05) is 17.6 Å². The molecule has 0 aliphatic rings. The van der Waals surface area contributed by atoms with Crippen LogP contribution in [0.5, 0.6) is 11.5 Å². The maximum Gasteiger partial charge on any atom is 0.255 e. The van der Waals surface area contributed by atoms with Crippen molar-refractivity contribution < 1.29 is 14.3 Å². The highest BCUT2D eigenvalue weighted by Gasteiger charge is 2.22. The first-order valence-corrected chi connectivity index (χ1v) is 9.42. The van der Waals surface area contributed by atoms with Gasteiger partial charge in [-0.2, -0.15) is 0 Å². The minimum Gasteiger partial charge on any atom is -0.497 e. The number of likely N-dealkylation sites (N-methyl/N-ethyl adjacent to an activating group) is 1. The van der Waals surface area contributed by atoms with E-state index in [2.05, 4.69) is 24.1 Å². The summed E-state index contributed by atoms with van der Waals surface area (Å²) in [5.74, 6) is 0.920. The third-order valence-electron chi connectivity index (χ3n) is 4.63. The van der Waals surface area contributed by atoms with Crippen molar-refractivity contribution in [2.75, 3.05) is 33.9 Å². The number of hydrogen-bond donors (Lipinski definition) is 1. The second kappa shape index (κ2) is 10.2. The van der Waals surface area contributed by atoms with E-state index in [4.69, 9.17) is 21.1 Å². The fourth-order valence-electron chi connectivity index (χ4n) is 3.12. The Morgan fingerprint density at radius 3 is 2.41 bits per heavy atom. The van der Waals surface area contributed by atoms with Crippen LogP contribution in [-0.2, 0) is 0 Å². The molecule has 1 unspecified atom stereocenters. The van der Waals surface area contributed by atoms with E-state index in [1.165, 1.54) is 7.11 Å². The van der Waals surface area contributed by atoms with Gasteiger partial charge in [0.2, 0.25) is 0 Å². The van der Waals surface area contributed by atoms with Crippen molar-refractivity contribution in [3.05, 3.63) is 58.6 Å². The Labute approximate surface area is 166 Å². The Morgan fingerprint density at radius 2 is 1.81 bits per heavy atom. The lowest BCUT2D eigenvalue weighted by molar-refractivity contribution is 0.0932. The molecule has 0 aliphatic carbocycles. The number of hydrogen-bond acceptors (Lipinski definition) is 4. The van der Waals surface area contributed by atoms with Crippen LogP contribution in [0.25, 0.3) is 0 Å². The molecule has 27 heavy (non-hydrogen) atoms. The van der Waals surface area contributed by atoms with Crippen LogP contribution in [0.4, 0.5) is 0 Å². The van der Waals surface area contributed by atoms with E-state index in [0.717, 1.165) is 18.7 Å². The van der Waals surface area contributed by atoms with Crippen LogP contribution in [0.15, 0.2) is 42.5 Å². The zero-order chi connectivity index (χ0) is 19.8. The number of carbonyl (C=O) groups excluding carboxylic acids is 1. The summed E-state index contributed by atoms with van der Waals surface area (Å²) < 4.78 is 10.5. The molecule has 0 aliphatic heterocycles. The first-order valence-electron chi connectivity index (χ1n) is 9.04. The normalized spacial score (nSPS) is 11.9. The van der Waals surface area contributed by atoms with Crippen LogP contribution < -0.4 is 14.8 Å². The summed E-state index contributed by atoms with van der Waals surface area (Å²) in [6, 6.07) is 12.9. The standard InChI is InChI=1S/C21H27ClN2O3/c1-5-24(6-2)19(16-9-7-8-10-18(16)22)14-23-21(25)17-12-11-15(26-3)13-20(17)27-4/h7-13,19H,5-6,14H2,1-4H3,(H,23,25). The lowest BCUT2D eigenvalue weighted by atomic mass is 10.0. The summed E-state index contributed by atoms with van der Waals surface area (Å²) in [5.41, 5.74) is 1.47. The quantitative estimate of drug-likeness (QED) is 0.698. The number of methoxy groups -OCH3 is 2. The molecule has 1 atom stereocenters. The molecule has 0 heterocycles. The number of benzene rings is 2. The minimum atomic E-state index is -0.196. The van der Waals surface area contributed by atoms with E-state index in [-0.39, 0.29) is 11.9 Å². The second-order valence-corrected chi connectivity index (χ2v) is 6.44. The average Bonchev–Trinajstić information content (AvgIpc) is 2.71. The molecule has 1 N–H and O–H groups in total. The van der Waals surface area contributed by atoms with Crippen molar-refractivity contribution in [2.24, 2.45) is 0 Å². The third kappa shape index (κ3) is 5.15. The fraction of sp³-hybridized carbons (Fsp3) is 0.381. The van der Waals surface area contributed by atoms with Crippen molar-refractivity contribution in [3.63, 3.8) is 0 Å². The minimum absolute atomic E-state index is 0.0121. The first kappa shape index (κ1) is 21.1. The molecule has 0 bridgehead atoms. The molecule has 2 aromatic carbocycles. The lowest BCUT2D eigenvalue weighted by Crippen LogP contribution is -2.38. The van der Waals surface area contributed by atoms with Crippen molar-refractivity contribution >= 4 is 17.5 Å². The second-order valence-electron chi connectivity index (χ2n) is 6.03. The molecule has 146 valence electrons. The van der Waals surface area contributed by atoms with Crippen LogP contribution in [-0.4, -0.2) is 44.7 Å². The van der Waals surface area contributed by atoms with E-state index in [1.54, 1.807) is 25.3 Å². The van der Waals surface area contributed by atoms with Gasteiger partial charge in [0.25, 0.3) is 5.91 Å². The van der Waals surface area contributed by atoms with Crippen molar-refractivity contribution in [3.8, 4) is 11.5 Å². The highest BCUT2D eigenvalue weighted by Crippen LogP contribution is 2.28. The van der Waals surface area contributed by atoms with Gasteiger partial charge in [-0.15, -0.1) is 0 Å². The molecule has 0 spiro atoms. The molecule has 0 saturated heterocycles. The maximum absolute atomic E-state index is 12.8. The lowest BCUT2D eigenvalue weighted by Gasteiger charge is -2.31. The Balaban J connectivity index is 2.22. The fourth-order valence-corrected chi connectivity index (χ4v) is 3.38. The number of rotatable bonds is 9. The van der Waals surface area contributed by atoms with Crippen molar-refractivity contribution in [2.45, 2.75) is 19.9 Å². The van der Waals surface area contributed by atoms with Gasteiger partial charge >= 0.3 is 0 Å². The first-order chi connectivity index (χ1) is 13.0. The Morgan fingerprint density at radius 1 is 1.11 bits per heavy atom. The Kier molecular flexibility index (Phi) is 7.95. The van der Waals surface area contributed by atoms with Crippen molar-refractivity contribution in [1.29, 1.82) is 0 Å². The smallest absolute Gasteiger partial charge is 0.255 e. The van der Waals surface area contributed by atoms with Crippen LogP contribution >= 0.6 is 11.6 Å². The van der Waals surface area contributed by atoms with Gasteiger partial charge in [-0.05, 0) is 36.9 Å². The van der Waals surface area contributed by atoms with E-state index in [0.29, 0.717) is 28.6 Å². The summed E-state index contributed by atoms with van der Waals surface area (Å²) in [7, 11) is 3.11. The molecular weight excluding hydrogens is 364 g/mol. The van der Waals surface area contributed by atoms with Crippen LogP contribution in [0.3, 0.4) is 0 Å². The number of halogens is 1. The zero-order valence-electron chi connectivity index (χ0n) is 16.3. The highest BCUT2D eigenvalue weighted by molar-refractivity contribution is 6.31. The zero-order valence-corrected chi connectivity index (χ0v) is 17.0. The van der Waals surface area contributed by atoms with Gasteiger partial charge in [-0.3, -0.25) is 9.69 Å². The van der Waals surface area contributed by atoms with Crippen LogP contribution in [0.1, 0.15) is 35.8 Å². The largest absolute Gasteiger partial charge is 0.497 e. The van der Waals surface area contributed by atoms with Gasteiger partial charge < -0.3 is 14.8 Å². The van der Waals surface area contributed by atoms with Gasteiger partial charge in [0.1, 0.15) is 11.5 Å². The van der Waals surface area contributed by atoms with Gasteiger partial charge in [0.05, 0.1) is 25.8 Å². The van der Waals surface area contributed by atoms with E-state index >= 15 is 0 Å². The molecule has 0 fully saturated rings. The van der Waals surface area contributed by atoms with Crippen LogP contribution in [0, 0.1) is 0 Å². The number of ether oxygens (including phenoxy) is 2. The van der Waals surface area contributed by atoms with Gasteiger partial charge in [-0.1, -0.05) is 43.6 Å². The summed E-state index contributed by atoms with van der Waals surface area (Å²) in [6.07, 6.45) is 0.